The van der Waals surface area contributed by atoms with E-state index in [1.54, 1.807) is 6.07 Å². The van der Waals surface area contributed by atoms with Gasteiger partial charge in [-0.3, -0.25) is 0 Å². The molecule has 0 atom stereocenters. The summed E-state index contributed by atoms with van der Waals surface area (Å²) in [5.41, 5.74) is 2.90. The van der Waals surface area contributed by atoms with Gasteiger partial charge in [0.1, 0.15) is 6.29 Å². The van der Waals surface area contributed by atoms with Crippen LogP contribution in [0.4, 0.5) is 0 Å². The molecule has 0 aliphatic heterocycles. The quantitative estimate of drug-likeness (QED) is 0.656. The van der Waals surface area contributed by atoms with Crippen molar-refractivity contribution in [3.05, 3.63) is 34.9 Å². The van der Waals surface area contributed by atoms with Crippen LogP contribution in [-0.2, 0) is 11.2 Å². The zero-order valence-electron chi connectivity index (χ0n) is 7.58. The van der Waals surface area contributed by atoms with Crippen LogP contribution in [-0.4, -0.2) is 6.29 Å². The number of aryl methyl sites for hydroxylation is 2. The Hall–Kier alpha value is -1.62. The first-order chi connectivity index (χ1) is 6.27. The normalized spacial score (nSPS) is 9.23. The maximum Gasteiger partial charge on any atom is 0.120 e. The third kappa shape index (κ3) is 2.41. The van der Waals surface area contributed by atoms with Gasteiger partial charge in [-0.25, -0.2) is 0 Å². The van der Waals surface area contributed by atoms with Gasteiger partial charge < -0.3 is 4.79 Å². The summed E-state index contributed by atoms with van der Waals surface area (Å²) in [6.07, 6.45) is 2.23. The highest BCUT2D eigenvalue weighted by Gasteiger charge is 1.98. The van der Waals surface area contributed by atoms with Crippen molar-refractivity contribution in [1.29, 1.82) is 5.26 Å². The minimum absolute atomic E-state index is 0.548. The van der Waals surface area contributed by atoms with E-state index in [1.165, 1.54) is 0 Å². The Morgan fingerprint density at radius 3 is 2.85 bits per heavy atom. The van der Waals surface area contributed by atoms with Gasteiger partial charge in [0.25, 0.3) is 0 Å². The highest BCUT2D eigenvalue weighted by atomic mass is 16.1. The fourth-order valence-electron chi connectivity index (χ4n) is 1.26. The van der Waals surface area contributed by atoms with Gasteiger partial charge in [0.15, 0.2) is 0 Å². The first-order valence-corrected chi connectivity index (χ1v) is 4.21. The minimum atomic E-state index is 0.548. The molecule has 1 rings (SSSR count). The van der Waals surface area contributed by atoms with Gasteiger partial charge in [-0.1, -0.05) is 6.07 Å². The lowest BCUT2D eigenvalue weighted by molar-refractivity contribution is -0.107. The number of hydrogen-bond donors (Lipinski definition) is 0. The van der Waals surface area contributed by atoms with Gasteiger partial charge >= 0.3 is 0 Å². The van der Waals surface area contributed by atoms with Crippen LogP contribution in [0.1, 0.15) is 23.1 Å². The minimum Gasteiger partial charge on any atom is -0.303 e. The summed E-state index contributed by atoms with van der Waals surface area (Å²) in [5, 5.41) is 8.62. The van der Waals surface area contributed by atoms with Crippen molar-refractivity contribution in [2.75, 3.05) is 0 Å². The highest BCUT2D eigenvalue weighted by Crippen LogP contribution is 2.11. The van der Waals surface area contributed by atoms with Crippen LogP contribution >= 0.6 is 0 Å². The van der Waals surface area contributed by atoms with Crippen molar-refractivity contribution in [2.45, 2.75) is 19.8 Å². The molecule has 0 saturated heterocycles. The Balaban J connectivity index is 2.86. The lowest BCUT2D eigenvalue weighted by Gasteiger charge is -2.02. The Kier molecular flexibility index (Phi) is 3.22. The molecule has 0 bridgehead atoms. The maximum atomic E-state index is 10.2. The van der Waals surface area contributed by atoms with Crippen molar-refractivity contribution >= 4 is 6.29 Å². The summed E-state index contributed by atoms with van der Waals surface area (Å²) >= 11 is 0. The van der Waals surface area contributed by atoms with E-state index in [9.17, 15) is 4.79 Å². The number of carbonyl (C=O) groups excluding carboxylic acids is 1. The third-order valence-corrected chi connectivity index (χ3v) is 2.00. The van der Waals surface area contributed by atoms with Crippen molar-refractivity contribution in [3.63, 3.8) is 0 Å². The van der Waals surface area contributed by atoms with Gasteiger partial charge in [0, 0.05) is 6.42 Å². The van der Waals surface area contributed by atoms with Crippen LogP contribution in [0.25, 0.3) is 0 Å². The molecule has 0 fully saturated rings. The standard InChI is InChI=1S/C11H11NO/c1-9-7-10(8-12)4-5-11(9)3-2-6-13/h4-7H,2-3H2,1H3. The Morgan fingerprint density at radius 2 is 2.31 bits per heavy atom. The predicted octanol–water partition coefficient (Wildman–Crippen LogP) is 2.00. The molecular formula is C11H11NO. The molecule has 0 heterocycles. The van der Waals surface area contributed by atoms with Crippen LogP contribution < -0.4 is 0 Å². The van der Waals surface area contributed by atoms with Gasteiger partial charge in [0.05, 0.1) is 11.6 Å². The van der Waals surface area contributed by atoms with Crippen molar-refractivity contribution in [2.24, 2.45) is 0 Å². The van der Waals surface area contributed by atoms with E-state index >= 15 is 0 Å². The topological polar surface area (TPSA) is 40.9 Å². The molecule has 0 aliphatic carbocycles. The molecule has 1 aromatic carbocycles. The van der Waals surface area contributed by atoms with Crippen molar-refractivity contribution in [1.82, 2.24) is 0 Å². The molecule has 2 nitrogen and oxygen atoms in total. The van der Waals surface area contributed by atoms with E-state index < -0.39 is 0 Å². The van der Waals surface area contributed by atoms with Crippen LogP contribution in [0.5, 0.6) is 0 Å². The van der Waals surface area contributed by atoms with E-state index in [1.807, 2.05) is 19.1 Å². The Morgan fingerprint density at radius 1 is 1.54 bits per heavy atom. The molecule has 2 heteroatoms. The fourth-order valence-corrected chi connectivity index (χ4v) is 1.26. The largest absolute Gasteiger partial charge is 0.303 e. The van der Waals surface area contributed by atoms with Crippen LogP contribution in [0.15, 0.2) is 18.2 Å². The molecule has 0 spiro atoms. The molecule has 66 valence electrons. The van der Waals surface area contributed by atoms with Gasteiger partial charge in [-0.2, -0.15) is 5.26 Å². The summed E-state index contributed by atoms with van der Waals surface area (Å²) in [5.74, 6) is 0. The zero-order valence-corrected chi connectivity index (χ0v) is 7.58. The molecule has 0 aromatic heterocycles. The molecule has 0 radical (unpaired) electrons. The van der Waals surface area contributed by atoms with Gasteiger partial charge in [-0.05, 0) is 36.6 Å². The molecule has 0 saturated carbocycles. The second-order valence-electron chi connectivity index (χ2n) is 2.96. The second kappa shape index (κ2) is 4.42. The average Bonchev–Trinajstić information content (AvgIpc) is 2.16. The lowest BCUT2D eigenvalue weighted by atomic mass is 10.0. The van der Waals surface area contributed by atoms with Crippen LogP contribution in [0, 0.1) is 18.3 Å². The first-order valence-electron chi connectivity index (χ1n) is 4.21. The van der Waals surface area contributed by atoms with E-state index in [0.717, 1.165) is 23.8 Å². The van der Waals surface area contributed by atoms with Crippen LogP contribution in [0.2, 0.25) is 0 Å². The van der Waals surface area contributed by atoms with E-state index in [4.69, 9.17) is 5.26 Å². The first kappa shape index (κ1) is 9.47. The Labute approximate surface area is 77.8 Å². The average molecular weight is 173 g/mol. The summed E-state index contributed by atoms with van der Waals surface area (Å²) in [6, 6.07) is 7.63. The third-order valence-electron chi connectivity index (χ3n) is 2.00. The maximum absolute atomic E-state index is 10.2. The molecule has 0 N–H and O–H groups in total. The number of nitrogens with zero attached hydrogens (tertiary/aromatic N) is 1. The predicted molar refractivity (Wildman–Crippen MR) is 50.3 cm³/mol. The SMILES string of the molecule is Cc1cc(C#N)ccc1CCC=O. The molecule has 0 unspecified atom stereocenters. The number of nitriles is 1. The summed E-state index contributed by atoms with van der Waals surface area (Å²) in [6.45, 7) is 1.96. The number of benzene rings is 1. The number of aldehydes is 1. The second-order valence-corrected chi connectivity index (χ2v) is 2.96. The lowest BCUT2D eigenvalue weighted by Crippen LogP contribution is -1.91. The summed E-state index contributed by atoms with van der Waals surface area (Å²) in [4.78, 5) is 10.2. The monoisotopic (exact) mass is 173 g/mol. The molecule has 0 aliphatic rings. The number of carbonyl (C=O) groups is 1. The molecule has 13 heavy (non-hydrogen) atoms. The highest BCUT2D eigenvalue weighted by molar-refractivity contribution is 5.50. The van der Waals surface area contributed by atoms with E-state index in [0.29, 0.717) is 12.0 Å². The molecular weight excluding hydrogens is 162 g/mol. The fraction of sp³-hybridized carbons (Fsp3) is 0.273. The summed E-state index contributed by atoms with van der Waals surface area (Å²) < 4.78 is 0. The van der Waals surface area contributed by atoms with Gasteiger partial charge in [0.2, 0.25) is 0 Å². The van der Waals surface area contributed by atoms with Gasteiger partial charge in [-0.15, -0.1) is 0 Å². The number of hydrogen-bond acceptors (Lipinski definition) is 2. The smallest absolute Gasteiger partial charge is 0.120 e. The number of rotatable bonds is 3. The van der Waals surface area contributed by atoms with Crippen LogP contribution in [0.3, 0.4) is 0 Å². The molecule has 0 amide bonds. The van der Waals surface area contributed by atoms with Crippen molar-refractivity contribution in [3.8, 4) is 6.07 Å². The summed E-state index contributed by atoms with van der Waals surface area (Å²) in [7, 11) is 0. The van der Waals surface area contributed by atoms with E-state index in [2.05, 4.69) is 6.07 Å². The zero-order chi connectivity index (χ0) is 9.68. The molecule has 1 aromatic rings. The van der Waals surface area contributed by atoms with Crippen molar-refractivity contribution < 1.29 is 4.79 Å². The van der Waals surface area contributed by atoms with E-state index in [-0.39, 0.29) is 0 Å². The Bertz CT molecular complexity index is 350.